The van der Waals surface area contributed by atoms with Gasteiger partial charge < -0.3 is 9.97 Å². The number of aromatic nitrogens is 4. The van der Waals surface area contributed by atoms with Gasteiger partial charge in [0.25, 0.3) is 0 Å². The average molecular weight is 639 g/mol. The fraction of sp³-hybridized carbons (Fsp3) is 0.400. The molecular formula is C40H42N6O2. The van der Waals surface area contributed by atoms with Crippen molar-refractivity contribution in [3.05, 3.63) is 96.6 Å². The summed E-state index contributed by atoms with van der Waals surface area (Å²) in [5.41, 5.74) is 8.30. The van der Waals surface area contributed by atoms with Crippen molar-refractivity contribution in [2.45, 2.75) is 88.4 Å². The Hall–Kier alpha value is -4.32. The molecule has 0 amide bonds. The number of carbonyl (C=O) groups excluding carboxylic acids is 2. The van der Waals surface area contributed by atoms with E-state index < -0.39 is 0 Å². The summed E-state index contributed by atoms with van der Waals surface area (Å²) in [5, 5.41) is 0. The number of H-pyrrole nitrogens is 2. The number of aromatic amines is 2. The van der Waals surface area contributed by atoms with Crippen molar-refractivity contribution in [2.24, 2.45) is 0 Å². The summed E-state index contributed by atoms with van der Waals surface area (Å²) in [4.78, 5) is 45.0. The number of nitrogens with zero attached hydrogens (tertiary/aromatic N) is 4. The van der Waals surface area contributed by atoms with Crippen LogP contribution in [0.25, 0.3) is 33.6 Å². The summed E-state index contributed by atoms with van der Waals surface area (Å²) in [6.45, 7) is 1.95. The lowest BCUT2D eigenvalue weighted by molar-refractivity contribution is 0.205. The molecule has 8 heteroatoms. The highest BCUT2D eigenvalue weighted by Crippen LogP contribution is 2.40. The maximum Gasteiger partial charge on any atom is 0.125 e. The SMILES string of the molecule is O=C=C1CCC[CH]C1N1CCCC1c1ncc(-c2ccc(-c3ccc(-c4cnc(C5CCCN5[C@@H]5[CH]CCCC5=C=O)[nH]4)cc3)cc2)[nH]1. The molecule has 2 saturated carbocycles. The third kappa shape index (κ3) is 5.95. The van der Waals surface area contributed by atoms with Crippen molar-refractivity contribution in [3.8, 4) is 33.6 Å². The highest BCUT2D eigenvalue weighted by atomic mass is 16.1. The Bertz CT molecular complexity index is 1710. The Balaban J connectivity index is 0.939. The van der Waals surface area contributed by atoms with Crippen LogP contribution in [0.4, 0.5) is 0 Å². The van der Waals surface area contributed by atoms with E-state index in [1.54, 1.807) is 0 Å². The molecule has 8 rings (SSSR count). The molecule has 2 saturated heterocycles. The summed E-state index contributed by atoms with van der Waals surface area (Å²) in [6.07, 6.45) is 18.6. The maximum atomic E-state index is 11.6. The van der Waals surface area contributed by atoms with Crippen LogP contribution >= 0.6 is 0 Å². The zero-order valence-electron chi connectivity index (χ0n) is 27.3. The van der Waals surface area contributed by atoms with Gasteiger partial charge in [-0.15, -0.1) is 0 Å². The number of benzene rings is 2. The maximum absolute atomic E-state index is 11.6. The zero-order valence-corrected chi connectivity index (χ0v) is 27.3. The van der Waals surface area contributed by atoms with Crippen LogP contribution in [0.1, 0.15) is 87.9 Å². The molecule has 2 aliphatic heterocycles. The average Bonchev–Trinajstić information content (AvgIpc) is 3.98. The molecule has 4 aliphatic rings. The number of hydrogen-bond acceptors (Lipinski definition) is 6. The van der Waals surface area contributed by atoms with Crippen molar-refractivity contribution in [1.29, 1.82) is 0 Å². The van der Waals surface area contributed by atoms with Crippen molar-refractivity contribution in [1.82, 2.24) is 29.7 Å². The lowest BCUT2D eigenvalue weighted by Crippen LogP contribution is -2.38. The molecule has 2 N–H and O–H groups in total. The number of nitrogens with one attached hydrogen (secondary N) is 2. The van der Waals surface area contributed by atoms with Gasteiger partial charge in [-0.25, -0.2) is 19.6 Å². The van der Waals surface area contributed by atoms with Crippen LogP contribution in [0, 0.1) is 12.8 Å². The quantitative estimate of drug-likeness (QED) is 0.204. The van der Waals surface area contributed by atoms with Crippen molar-refractivity contribution in [3.63, 3.8) is 0 Å². The standard InChI is InChI=1S/C40H42N6O2/c47-25-31-7-1-3-9-35(31)45-21-5-11-37(45)39-41-23-33(43-39)29-17-13-27(14-18-29)28-15-19-30(20-16-28)34-24-42-40(44-34)38-12-6-22-46(38)36-10-4-2-8-32(36)26-48/h9-10,13-20,23-24,35-38H,1-8,11-12,21-22H2,(H,41,43)(H,42,44)/t35-,36?,37?,38?/m1/s1. The fourth-order valence-corrected chi connectivity index (χ4v) is 8.43. The molecule has 2 aromatic heterocycles. The third-order valence-corrected chi connectivity index (χ3v) is 10.9. The van der Waals surface area contributed by atoms with E-state index in [9.17, 15) is 9.59 Å². The first-order chi connectivity index (χ1) is 23.7. The van der Waals surface area contributed by atoms with E-state index in [1.807, 2.05) is 12.4 Å². The fourth-order valence-electron chi connectivity index (χ4n) is 8.43. The molecule has 48 heavy (non-hydrogen) atoms. The van der Waals surface area contributed by atoms with E-state index in [-0.39, 0.29) is 24.2 Å². The van der Waals surface area contributed by atoms with Crippen molar-refractivity contribution < 1.29 is 9.59 Å². The summed E-state index contributed by atoms with van der Waals surface area (Å²) in [7, 11) is 0. The number of imidazole rings is 2. The van der Waals surface area contributed by atoms with Crippen LogP contribution in [0.3, 0.4) is 0 Å². The lowest BCUT2D eigenvalue weighted by Gasteiger charge is -2.34. The van der Waals surface area contributed by atoms with Gasteiger partial charge in [0.1, 0.15) is 23.5 Å². The van der Waals surface area contributed by atoms with Gasteiger partial charge in [-0.05, 0) is 112 Å². The number of hydrogen-bond donors (Lipinski definition) is 2. The van der Waals surface area contributed by atoms with Gasteiger partial charge in [-0.3, -0.25) is 9.80 Å². The molecule has 8 nitrogen and oxygen atoms in total. The minimum absolute atomic E-state index is 0.0800. The highest BCUT2D eigenvalue weighted by molar-refractivity contribution is 5.71. The molecule has 3 unspecified atom stereocenters. The van der Waals surface area contributed by atoms with Crippen LogP contribution in [0.15, 0.2) is 72.1 Å². The van der Waals surface area contributed by atoms with Gasteiger partial charge in [0.05, 0.1) is 35.9 Å². The Kier molecular flexibility index (Phi) is 8.81. The number of rotatable bonds is 7. The van der Waals surface area contributed by atoms with E-state index in [4.69, 9.17) is 9.97 Å². The molecule has 244 valence electrons. The summed E-state index contributed by atoms with van der Waals surface area (Å²) < 4.78 is 0. The minimum Gasteiger partial charge on any atom is -0.341 e. The Morgan fingerprint density at radius 1 is 0.583 bits per heavy atom. The van der Waals surface area contributed by atoms with E-state index >= 15 is 0 Å². The Labute approximate surface area is 282 Å². The van der Waals surface area contributed by atoms with Crippen molar-refractivity contribution >= 4 is 11.9 Å². The second kappa shape index (κ2) is 13.7. The normalized spacial score (nSPS) is 25.3. The Morgan fingerprint density at radius 2 is 1.00 bits per heavy atom. The predicted molar refractivity (Wildman–Crippen MR) is 187 cm³/mol. The van der Waals surface area contributed by atoms with Crippen molar-refractivity contribution in [2.75, 3.05) is 13.1 Å². The Morgan fingerprint density at radius 3 is 1.42 bits per heavy atom. The molecule has 4 atom stereocenters. The molecule has 0 spiro atoms. The first-order valence-electron chi connectivity index (χ1n) is 17.7. The molecular weight excluding hydrogens is 596 g/mol. The molecule has 4 fully saturated rings. The van der Waals surface area contributed by atoms with Gasteiger partial charge in [-0.1, -0.05) is 48.5 Å². The van der Waals surface area contributed by atoms with Gasteiger partial charge in [0.15, 0.2) is 0 Å². The first-order valence-corrected chi connectivity index (χ1v) is 17.7. The first kappa shape index (κ1) is 31.0. The van der Waals surface area contributed by atoms with Gasteiger partial charge in [0.2, 0.25) is 0 Å². The number of likely N-dealkylation sites (tertiary alicyclic amines) is 2. The van der Waals surface area contributed by atoms with Crippen LogP contribution in [-0.4, -0.2) is 66.8 Å². The summed E-state index contributed by atoms with van der Waals surface area (Å²) >= 11 is 0. The van der Waals surface area contributed by atoms with E-state index in [0.29, 0.717) is 0 Å². The smallest absolute Gasteiger partial charge is 0.125 e. The van der Waals surface area contributed by atoms with Gasteiger partial charge in [-0.2, -0.15) is 0 Å². The predicted octanol–water partition coefficient (Wildman–Crippen LogP) is 7.44. The highest BCUT2D eigenvalue weighted by Gasteiger charge is 2.38. The molecule has 0 bridgehead atoms. The monoisotopic (exact) mass is 638 g/mol. The second-order valence-corrected chi connectivity index (χ2v) is 13.7. The van der Waals surface area contributed by atoms with E-state index in [2.05, 4.69) is 93.0 Å². The van der Waals surface area contributed by atoms with Gasteiger partial charge >= 0.3 is 0 Å². The molecule has 4 heterocycles. The third-order valence-electron chi connectivity index (χ3n) is 10.9. The lowest BCUT2D eigenvalue weighted by atomic mass is 9.89. The largest absolute Gasteiger partial charge is 0.341 e. The van der Waals surface area contributed by atoms with Gasteiger partial charge in [0, 0.05) is 23.2 Å². The van der Waals surface area contributed by atoms with Crippen LogP contribution < -0.4 is 0 Å². The topological polar surface area (TPSA) is 98.0 Å². The molecule has 2 radical (unpaired) electrons. The minimum atomic E-state index is 0.0800. The van der Waals surface area contributed by atoms with E-state index in [0.717, 1.165) is 134 Å². The van der Waals surface area contributed by atoms with Crippen LogP contribution in [0.2, 0.25) is 0 Å². The molecule has 2 aromatic carbocycles. The summed E-state index contributed by atoms with van der Waals surface area (Å²) in [6, 6.07) is 17.8. The van der Waals surface area contributed by atoms with E-state index in [1.165, 1.54) is 0 Å². The summed E-state index contributed by atoms with van der Waals surface area (Å²) in [5.74, 6) is 6.42. The molecule has 2 aliphatic carbocycles. The van der Waals surface area contributed by atoms with Crippen LogP contribution in [-0.2, 0) is 9.59 Å². The second-order valence-electron chi connectivity index (χ2n) is 13.7. The molecule has 4 aromatic rings. The zero-order chi connectivity index (χ0) is 32.5. The van der Waals surface area contributed by atoms with Crippen LogP contribution in [0.5, 0.6) is 0 Å².